The van der Waals surface area contributed by atoms with E-state index >= 15 is 0 Å². The SMILES string of the molecule is CCCCc1ccc(NC(=O)C2=CCN(C)[C@@H]([C@H](O[C@@H]3O[C@H](CN)C(O)[C@@H]3O)[C@H]3O[C@@H](n4ccc(=O)[nH]c4=O)[C@@H](O)C3O)C(=O)N2C)cc1.COC1C(OC(=O)CC(C)CC(=O)OC(CCCCCCCCC(C)C)CC(=O)O[C@H]2CN(C)[C@@H]([C@H](O[C@@H]3O[C@H](CN)C(O)[C@@H]3O)[C@H]3O[C@@H](N4C=CC(=O)CC4=O)[C@@H](O)C3O)C(=O)N(C)[C@@H]2C(=O)O)OC(C)C(C)C1OC. The van der Waals surface area contributed by atoms with Gasteiger partial charge in [-0.3, -0.25) is 67.4 Å². The summed E-state index contributed by atoms with van der Waals surface area (Å²) in [5.41, 5.74) is 11.5. The number of aryl methyl sites for hydroxylation is 1. The molecule has 8 aliphatic rings. The second-order valence-corrected chi connectivity index (χ2v) is 34.1. The van der Waals surface area contributed by atoms with E-state index in [0.717, 1.165) is 114 Å². The predicted molar refractivity (Wildman–Crippen MR) is 440 cm³/mol. The molecule has 42 nitrogen and oxygen atoms in total. The van der Waals surface area contributed by atoms with Gasteiger partial charge in [0.2, 0.25) is 24.0 Å². The predicted octanol–water partition coefficient (Wildman–Crippen LogP) is -2.29. The van der Waals surface area contributed by atoms with Gasteiger partial charge in [0.15, 0.2) is 36.9 Å². The molecule has 0 aliphatic carbocycles. The minimum absolute atomic E-state index is 0.0227. The molecule has 2 aromatic rings. The van der Waals surface area contributed by atoms with E-state index in [1.54, 1.807) is 32.2 Å². The van der Waals surface area contributed by atoms with Crippen LogP contribution in [0.3, 0.4) is 0 Å². The molecule has 10 rings (SSSR count). The Labute approximate surface area is 729 Å². The van der Waals surface area contributed by atoms with Gasteiger partial charge in [0.1, 0.15) is 122 Å². The maximum Gasteiger partial charge on any atom is 0.330 e. The molecule has 42 heteroatoms. The number of methoxy groups -OCH3 is 2. The molecule has 6 fully saturated rings. The fourth-order valence-electron chi connectivity index (χ4n) is 17.0. The lowest BCUT2D eigenvalue weighted by Gasteiger charge is -2.42. The van der Waals surface area contributed by atoms with E-state index in [1.165, 1.54) is 38.1 Å². The number of likely N-dealkylation sites (N-methyl/N-ethyl adjacent to an activating group) is 4. The number of esters is 3. The number of carboxylic acids is 1. The van der Waals surface area contributed by atoms with Gasteiger partial charge in [-0.25, -0.2) is 9.59 Å². The summed E-state index contributed by atoms with van der Waals surface area (Å²) in [6, 6.07) is 3.57. The van der Waals surface area contributed by atoms with E-state index in [2.05, 4.69) is 31.1 Å². The van der Waals surface area contributed by atoms with Crippen LogP contribution in [0.2, 0.25) is 0 Å². The third-order valence-corrected chi connectivity index (χ3v) is 24.3. The van der Waals surface area contributed by atoms with Crippen LogP contribution in [0.4, 0.5) is 5.69 Å². The molecular formula is C84H128N10O32. The number of aliphatic carboxylic acids is 1. The number of nitrogens with one attached hydrogen (secondary N) is 2. The van der Waals surface area contributed by atoms with Gasteiger partial charge in [-0.1, -0.05) is 91.7 Å². The average molecular weight is 1790 g/mol. The van der Waals surface area contributed by atoms with E-state index in [4.69, 9.17) is 68.3 Å². The minimum Gasteiger partial charge on any atom is -0.480 e. The summed E-state index contributed by atoms with van der Waals surface area (Å²) in [5, 5.41) is 101. The van der Waals surface area contributed by atoms with E-state index in [1.807, 2.05) is 26.0 Å². The number of anilines is 1. The number of hydrogen-bond donors (Lipinski definition) is 13. The zero-order valence-corrected chi connectivity index (χ0v) is 73.2. The highest BCUT2D eigenvalue weighted by molar-refractivity contribution is 6.07. The van der Waals surface area contributed by atoms with Crippen LogP contribution < -0.4 is 28.0 Å². The normalized spacial score (nSPS) is 33.2. The van der Waals surface area contributed by atoms with Crippen molar-refractivity contribution in [2.24, 2.45) is 29.2 Å². The van der Waals surface area contributed by atoms with Crippen molar-refractivity contribution in [3.63, 3.8) is 0 Å². The highest BCUT2D eigenvalue weighted by atomic mass is 16.7. The molecule has 0 bridgehead atoms. The van der Waals surface area contributed by atoms with E-state index < -0.39 is 249 Å². The molecular weight excluding hydrogens is 1660 g/mol. The summed E-state index contributed by atoms with van der Waals surface area (Å²) >= 11 is 0. The summed E-state index contributed by atoms with van der Waals surface area (Å²) < 4.78 is 71.2. The van der Waals surface area contributed by atoms with Gasteiger partial charge in [0.25, 0.3) is 11.5 Å². The van der Waals surface area contributed by atoms with Gasteiger partial charge in [-0.15, -0.1) is 0 Å². The van der Waals surface area contributed by atoms with Crippen molar-refractivity contribution in [3.8, 4) is 0 Å². The third-order valence-electron chi connectivity index (χ3n) is 24.3. The number of nitrogens with zero attached hydrogens (tertiary/aromatic N) is 6. The lowest BCUT2D eigenvalue weighted by Crippen LogP contribution is -2.59. The highest BCUT2D eigenvalue weighted by Crippen LogP contribution is 2.40. The molecule has 6 saturated heterocycles. The number of H-pyrrole nitrogens is 1. The molecule has 29 atom stereocenters. The number of aromatic amines is 1. The van der Waals surface area contributed by atoms with Crippen LogP contribution in [0.15, 0.2) is 70.2 Å². The molecule has 11 unspecified atom stereocenters. The topological polar surface area (TPSA) is 582 Å². The maximum atomic E-state index is 14.7. The van der Waals surface area contributed by atoms with Gasteiger partial charge < -0.3 is 129 Å². The Morgan fingerprint density at radius 2 is 1.17 bits per heavy atom. The number of carbonyl (C=O) groups is 9. The van der Waals surface area contributed by atoms with Crippen LogP contribution in [0.25, 0.3) is 0 Å². The largest absolute Gasteiger partial charge is 0.480 e. The molecule has 0 saturated carbocycles. The maximum absolute atomic E-state index is 14.7. The first-order valence-electron chi connectivity index (χ1n) is 43.0. The fraction of sp³-hybridized carbons (Fsp3) is 0.726. The molecule has 1 aromatic carbocycles. The number of aliphatic hydroxyl groups excluding tert-OH is 8. The number of amides is 4. The molecule has 706 valence electrons. The van der Waals surface area contributed by atoms with Gasteiger partial charge in [0, 0.05) is 97.4 Å². The van der Waals surface area contributed by atoms with Crippen LogP contribution in [0, 0.1) is 17.8 Å². The number of carbonyl (C=O) groups excluding carboxylic acids is 8. The number of allylic oxidation sites excluding steroid dienone is 1. The quantitative estimate of drug-likeness (QED) is 0.0146. The number of carboxylic acid groups (broad SMARTS) is 1. The lowest BCUT2D eigenvalue weighted by atomic mass is 9.91. The van der Waals surface area contributed by atoms with E-state index in [-0.39, 0.29) is 56.6 Å². The Morgan fingerprint density at radius 1 is 0.619 bits per heavy atom. The molecule has 8 aliphatic heterocycles. The molecule has 15 N–H and O–H groups in total. The van der Waals surface area contributed by atoms with Crippen molar-refractivity contribution in [3.05, 3.63) is 87.0 Å². The Bertz CT molecular complexity index is 4180. The Kier molecular flexibility index (Phi) is 37.5. The minimum atomic E-state index is -1.94. The second-order valence-electron chi connectivity index (χ2n) is 34.1. The van der Waals surface area contributed by atoms with Crippen molar-refractivity contribution in [1.82, 2.24) is 34.1 Å². The first-order valence-corrected chi connectivity index (χ1v) is 43.0. The van der Waals surface area contributed by atoms with Crippen LogP contribution in [-0.4, -0.2) is 361 Å². The van der Waals surface area contributed by atoms with E-state index in [0.29, 0.717) is 18.0 Å². The van der Waals surface area contributed by atoms with Gasteiger partial charge in [-0.2, -0.15) is 0 Å². The molecule has 1 aromatic heterocycles. The zero-order chi connectivity index (χ0) is 92.6. The number of aromatic nitrogens is 2. The van der Waals surface area contributed by atoms with Gasteiger partial charge in [0.05, 0.1) is 25.0 Å². The first-order chi connectivity index (χ1) is 59.8. The number of rotatable bonds is 38. The number of hydrogen-bond acceptors (Lipinski definition) is 35. The van der Waals surface area contributed by atoms with Crippen molar-refractivity contribution >= 4 is 59.0 Å². The first kappa shape index (κ1) is 102. The van der Waals surface area contributed by atoms with Crippen molar-refractivity contribution in [2.45, 2.75) is 303 Å². The second kappa shape index (κ2) is 46.5. The van der Waals surface area contributed by atoms with Crippen molar-refractivity contribution < 1.29 is 146 Å². The zero-order valence-electron chi connectivity index (χ0n) is 73.2. The monoisotopic (exact) mass is 1790 g/mol. The summed E-state index contributed by atoms with van der Waals surface area (Å²) in [7, 11) is 8.45. The van der Waals surface area contributed by atoms with Crippen LogP contribution >= 0.6 is 0 Å². The average Bonchev–Trinajstić information content (AvgIpc) is 1.61. The van der Waals surface area contributed by atoms with Crippen LogP contribution in [0.5, 0.6) is 0 Å². The van der Waals surface area contributed by atoms with Crippen LogP contribution in [0.1, 0.15) is 143 Å². The van der Waals surface area contributed by atoms with Gasteiger partial charge in [-0.05, 0) is 88.4 Å². The highest BCUT2D eigenvalue weighted by Gasteiger charge is 2.60. The molecule has 0 radical (unpaired) electrons. The molecule has 4 amide bonds. The standard InChI is InChI=1S/C52H84N4O21.C32H44N6O11/c1-26(2)16-14-12-10-11-13-15-17-31(72-35(59)20-27(3)21-36(60)75-52-47(70-9)44(69-8)28(4)29(5)71-52)23-37(61)73-33-25-54(6)39(48(66)55(7)38(33)50(67)68)45(77-51-43(65)40(62)32(24-53)74-51)46-41(63)42(64)49(76-46)56-19-18-30(57)22-34(56)58;1-4-5-6-16-7-9-17(10-8-16)34-28(44)18-11-13-36(2)21(29(45)37(18)3)26(49-31-25(43)22(40)19(15-33)47-31)27-23(41)24(42)30(48-27)38-14-12-20(39)35-32(38)46/h18-19,26-29,31-33,38-47,49,51-52,62-65H,10-17,20-25,53H2,1-9H3,(H,67,68);7-12,14,19,21-27,30-31,40-43H,4-6,13,15,33H2,1-3H3,(H,34,44)(H,35,39,46)/t27?,28?,29?,31?,32-,33+,38+,39+,40?,41?,42+,43+,44?,45+,46+,47?,49-,51+,52?;19-,21+,22?,23?,24+,25+,26+,27+,30-,31+/m11/s1. The summed E-state index contributed by atoms with van der Waals surface area (Å²) in [6.07, 6.45) is -21.0. The number of aliphatic hydroxyl groups is 8. The number of benzene rings is 1. The Morgan fingerprint density at radius 3 is 1.72 bits per heavy atom. The fourth-order valence-corrected chi connectivity index (χ4v) is 17.0. The molecule has 0 spiro atoms. The van der Waals surface area contributed by atoms with E-state index in [9.17, 15) is 98.7 Å². The van der Waals surface area contributed by atoms with Crippen molar-refractivity contribution in [1.29, 1.82) is 0 Å². The number of ether oxygens (including phenoxy) is 12. The smallest absolute Gasteiger partial charge is 0.330 e. The lowest BCUT2D eigenvalue weighted by molar-refractivity contribution is -0.280. The molecule has 9 heterocycles. The van der Waals surface area contributed by atoms with Crippen molar-refractivity contribution in [2.75, 3.05) is 73.9 Å². The Balaban J connectivity index is 0.000000314. The summed E-state index contributed by atoms with van der Waals surface area (Å²) in [6.45, 7) is 11.0. The number of nitrogens with two attached hydrogens (primary N) is 2. The number of unbranched alkanes of at least 4 members (excludes halogenated alkanes) is 6. The van der Waals surface area contributed by atoms with Crippen LogP contribution in [-0.2, 0) is 106 Å². The molecule has 126 heavy (non-hydrogen) atoms. The third kappa shape index (κ3) is 24.9. The number of ketones is 1. The summed E-state index contributed by atoms with van der Waals surface area (Å²) in [5.74, 6) is -7.45. The van der Waals surface area contributed by atoms with Gasteiger partial charge >= 0.3 is 29.6 Å². The summed E-state index contributed by atoms with van der Waals surface area (Å²) in [4.78, 5) is 153. The Hall–Kier alpha value is -8.03.